The molecule has 1 amide bonds. The molecule has 0 bridgehead atoms. The first-order valence-electron chi connectivity index (χ1n) is 9.37. The highest BCUT2D eigenvalue weighted by atomic mass is 35.5. The Kier molecular flexibility index (Phi) is 5.44. The maximum atomic E-state index is 13.0. The predicted octanol–water partition coefficient (Wildman–Crippen LogP) is 5.17. The molecule has 3 aromatic carbocycles. The SMILES string of the molecule is N#Cc1ccc2c(C(=O)Nc3cccc(C(=O)O)c3)cn(Cc3ccc(Cl)cc3)c2c1. The number of fused-ring (bicyclic) bond motifs is 1. The van der Waals surface area contributed by atoms with Crippen molar-refractivity contribution >= 4 is 40.1 Å². The fourth-order valence-corrected chi connectivity index (χ4v) is 3.51. The fraction of sp³-hybridized carbons (Fsp3) is 0.0417. The first-order valence-corrected chi connectivity index (χ1v) is 9.74. The van der Waals surface area contributed by atoms with Crippen LogP contribution in [0.5, 0.6) is 0 Å². The minimum absolute atomic E-state index is 0.0848. The summed E-state index contributed by atoms with van der Waals surface area (Å²) >= 11 is 5.97. The van der Waals surface area contributed by atoms with Gasteiger partial charge in [0.15, 0.2) is 0 Å². The summed E-state index contributed by atoms with van der Waals surface area (Å²) in [4.78, 5) is 24.2. The second kappa shape index (κ2) is 8.34. The molecule has 2 N–H and O–H groups in total. The molecule has 31 heavy (non-hydrogen) atoms. The van der Waals surface area contributed by atoms with Gasteiger partial charge in [0.25, 0.3) is 5.91 Å². The molecular formula is C24H16ClN3O3. The van der Waals surface area contributed by atoms with E-state index in [2.05, 4.69) is 11.4 Å². The molecular weight excluding hydrogens is 414 g/mol. The summed E-state index contributed by atoms with van der Waals surface area (Å²) in [6.45, 7) is 0.490. The van der Waals surface area contributed by atoms with Gasteiger partial charge in [-0.1, -0.05) is 35.9 Å². The number of benzene rings is 3. The molecule has 0 unspecified atom stereocenters. The third-order valence-corrected chi connectivity index (χ3v) is 5.14. The van der Waals surface area contributed by atoms with Gasteiger partial charge in [0.1, 0.15) is 0 Å². The minimum Gasteiger partial charge on any atom is -0.478 e. The normalized spacial score (nSPS) is 10.6. The number of anilines is 1. The van der Waals surface area contributed by atoms with E-state index in [0.29, 0.717) is 33.8 Å². The highest BCUT2D eigenvalue weighted by molar-refractivity contribution is 6.30. The molecule has 0 atom stereocenters. The molecule has 0 fully saturated rings. The molecule has 4 aromatic rings. The van der Waals surface area contributed by atoms with Crippen molar-refractivity contribution in [2.75, 3.05) is 5.32 Å². The van der Waals surface area contributed by atoms with E-state index in [9.17, 15) is 14.9 Å². The molecule has 152 valence electrons. The number of nitriles is 1. The number of carboxylic acid groups (broad SMARTS) is 1. The summed E-state index contributed by atoms with van der Waals surface area (Å²) in [7, 11) is 0. The molecule has 4 rings (SSSR count). The van der Waals surface area contributed by atoms with E-state index in [0.717, 1.165) is 11.1 Å². The molecule has 0 spiro atoms. The Morgan fingerprint density at radius 1 is 1.06 bits per heavy atom. The Bertz CT molecular complexity index is 1350. The third-order valence-electron chi connectivity index (χ3n) is 4.89. The lowest BCUT2D eigenvalue weighted by atomic mass is 10.1. The molecule has 0 saturated carbocycles. The third kappa shape index (κ3) is 4.27. The van der Waals surface area contributed by atoms with Gasteiger partial charge in [-0.05, 0) is 48.0 Å². The van der Waals surface area contributed by atoms with Crippen molar-refractivity contribution in [3.05, 3.63) is 100 Å². The average molecular weight is 430 g/mol. The number of nitrogens with one attached hydrogen (secondary N) is 1. The zero-order valence-electron chi connectivity index (χ0n) is 16.2. The van der Waals surface area contributed by atoms with Crippen LogP contribution in [0.1, 0.15) is 31.8 Å². The first-order chi connectivity index (χ1) is 14.9. The zero-order chi connectivity index (χ0) is 22.0. The monoisotopic (exact) mass is 429 g/mol. The van der Waals surface area contributed by atoms with E-state index in [4.69, 9.17) is 16.7 Å². The number of amides is 1. The van der Waals surface area contributed by atoms with Crippen LogP contribution >= 0.6 is 11.6 Å². The van der Waals surface area contributed by atoms with Crippen molar-refractivity contribution in [2.45, 2.75) is 6.54 Å². The van der Waals surface area contributed by atoms with Crippen LogP contribution in [0, 0.1) is 11.3 Å². The minimum atomic E-state index is -1.07. The summed E-state index contributed by atoms with van der Waals surface area (Å²) in [6.07, 6.45) is 1.73. The van der Waals surface area contributed by atoms with Crippen LogP contribution in [0.15, 0.2) is 72.9 Å². The predicted molar refractivity (Wildman–Crippen MR) is 119 cm³/mol. The van der Waals surface area contributed by atoms with E-state index in [-0.39, 0.29) is 11.5 Å². The van der Waals surface area contributed by atoms with E-state index in [1.54, 1.807) is 48.7 Å². The maximum absolute atomic E-state index is 13.0. The Hall–Kier alpha value is -4.08. The Labute approximate surface area is 182 Å². The molecule has 1 aromatic heterocycles. The largest absolute Gasteiger partial charge is 0.478 e. The van der Waals surface area contributed by atoms with Crippen molar-refractivity contribution in [3.8, 4) is 6.07 Å². The van der Waals surface area contributed by atoms with Gasteiger partial charge >= 0.3 is 5.97 Å². The van der Waals surface area contributed by atoms with Gasteiger partial charge < -0.3 is 15.0 Å². The van der Waals surface area contributed by atoms with Gasteiger partial charge in [-0.25, -0.2) is 4.79 Å². The van der Waals surface area contributed by atoms with Crippen molar-refractivity contribution in [1.29, 1.82) is 5.26 Å². The quantitative estimate of drug-likeness (QED) is 0.457. The molecule has 0 aliphatic heterocycles. The van der Waals surface area contributed by atoms with E-state index in [1.165, 1.54) is 12.1 Å². The number of rotatable bonds is 5. The van der Waals surface area contributed by atoms with Crippen LogP contribution in [0.25, 0.3) is 10.9 Å². The number of carbonyl (C=O) groups is 2. The number of aromatic nitrogens is 1. The summed E-state index contributed by atoms with van der Waals surface area (Å²) in [5, 5.41) is 22.5. The molecule has 0 aliphatic carbocycles. The molecule has 7 heteroatoms. The van der Waals surface area contributed by atoms with E-state index in [1.807, 2.05) is 16.7 Å². The molecule has 6 nitrogen and oxygen atoms in total. The molecule has 0 aliphatic rings. The van der Waals surface area contributed by atoms with Gasteiger partial charge in [-0.2, -0.15) is 5.26 Å². The summed E-state index contributed by atoms with van der Waals surface area (Å²) in [6, 6.07) is 20.7. The number of aromatic carboxylic acids is 1. The second-order valence-electron chi connectivity index (χ2n) is 6.98. The first kappa shape index (κ1) is 20.2. The van der Waals surface area contributed by atoms with Crippen LogP contribution in [-0.4, -0.2) is 21.6 Å². The van der Waals surface area contributed by atoms with Crippen LogP contribution in [-0.2, 0) is 6.54 Å². The van der Waals surface area contributed by atoms with Gasteiger partial charge in [-0.15, -0.1) is 0 Å². The van der Waals surface area contributed by atoms with Crippen molar-refractivity contribution in [3.63, 3.8) is 0 Å². The topological polar surface area (TPSA) is 95.1 Å². The number of nitrogens with zero attached hydrogens (tertiary/aromatic N) is 2. The lowest BCUT2D eigenvalue weighted by Gasteiger charge is -2.06. The number of carbonyl (C=O) groups excluding carboxylic acids is 1. The molecule has 1 heterocycles. The van der Waals surface area contributed by atoms with Gasteiger partial charge in [-0.3, -0.25) is 4.79 Å². The van der Waals surface area contributed by atoms with Crippen LogP contribution in [0.2, 0.25) is 5.02 Å². The number of hydrogen-bond donors (Lipinski definition) is 2. The van der Waals surface area contributed by atoms with Crippen molar-refractivity contribution < 1.29 is 14.7 Å². The highest BCUT2D eigenvalue weighted by Crippen LogP contribution is 2.25. The number of halogens is 1. The number of carboxylic acids is 1. The Morgan fingerprint density at radius 2 is 1.84 bits per heavy atom. The Balaban J connectivity index is 1.72. The van der Waals surface area contributed by atoms with Crippen molar-refractivity contribution in [2.24, 2.45) is 0 Å². The standard InChI is InChI=1S/C24H16ClN3O3/c25-18-7-4-15(5-8-18)13-28-14-21(20-9-6-16(12-26)10-22(20)28)23(29)27-19-3-1-2-17(11-19)24(30)31/h1-11,14H,13H2,(H,27,29)(H,30,31). The average Bonchev–Trinajstić information content (AvgIpc) is 3.13. The fourth-order valence-electron chi connectivity index (χ4n) is 3.39. The summed E-state index contributed by atoms with van der Waals surface area (Å²) in [5.41, 5.74) is 3.13. The Morgan fingerprint density at radius 3 is 2.55 bits per heavy atom. The van der Waals surface area contributed by atoms with E-state index >= 15 is 0 Å². The van der Waals surface area contributed by atoms with E-state index < -0.39 is 5.97 Å². The van der Waals surface area contributed by atoms with Gasteiger partial charge in [0, 0.05) is 28.8 Å². The van der Waals surface area contributed by atoms with Crippen LogP contribution < -0.4 is 5.32 Å². The van der Waals surface area contributed by atoms with Gasteiger partial charge in [0.05, 0.1) is 28.3 Å². The maximum Gasteiger partial charge on any atom is 0.335 e. The van der Waals surface area contributed by atoms with Gasteiger partial charge in [0.2, 0.25) is 0 Å². The second-order valence-corrected chi connectivity index (χ2v) is 7.42. The molecule has 0 saturated heterocycles. The summed E-state index contributed by atoms with van der Waals surface area (Å²) in [5.74, 6) is -1.44. The highest BCUT2D eigenvalue weighted by Gasteiger charge is 2.17. The summed E-state index contributed by atoms with van der Waals surface area (Å²) < 4.78 is 1.90. The lowest BCUT2D eigenvalue weighted by molar-refractivity contribution is 0.0696. The van der Waals surface area contributed by atoms with Crippen LogP contribution in [0.3, 0.4) is 0 Å². The smallest absolute Gasteiger partial charge is 0.335 e. The van der Waals surface area contributed by atoms with Crippen molar-refractivity contribution in [1.82, 2.24) is 4.57 Å². The lowest BCUT2D eigenvalue weighted by Crippen LogP contribution is -2.12. The van der Waals surface area contributed by atoms with Crippen LogP contribution in [0.4, 0.5) is 5.69 Å². The zero-order valence-corrected chi connectivity index (χ0v) is 16.9. The molecule has 0 radical (unpaired) electrons. The number of hydrogen-bond acceptors (Lipinski definition) is 3.